The Morgan fingerprint density at radius 3 is 2.62 bits per heavy atom. The number of methoxy groups -OCH3 is 1. The van der Waals surface area contributed by atoms with E-state index in [9.17, 15) is 4.79 Å². The van der Waals surface area contributed by atoms with Gasteiger partial charge in [0.15, 0.2) is 6.73 Å². The molecule has 0 unspecified atom stereocenters. The third kappa shape index (κ3) is 3.95. The molecule has 0 aliphatic rings. The van der Waals surface area contributed by atoms with E-state index in [-0.39, 0.29) is 6.73 Å². The zero-order valence-electron chi connectivity index (χ0n) is 9.16. The molecule has 0 radical (unpaired) electrons. The molecule has 0 saturated carbocycles. The van der Waals surface area contributed by atoms with Crippen molar-refractivity contribution in [3.63, 3.8) is 0 Å². The Morgan fingerprint density at radius 1 is 1.38 bits per heavy atom. The molecular weight excluding hydrogens is 210 g/mol. The van der Waals surface area contributed by atoms with Gasteiger partial charge in [0.2, 0.25) is 0 Å². The average Bonchev–Trinajstić information content (AvgIpc) is 2.34. The molecule has 0 N–H and O–H groups in total. The Balaban J connectivity index is 2.51. The molecule has 0 aliphatic heterocycles. The third-order valence-electron chi connectivity index (χ3n) is 1.71. The van der Waals surface area contributed by atoms with Crippen LogP contribution >= 0.6 is 0 Å². The molecule has 0 saturated heterocycles. The summed E-state index contributed by atoms with van der Waals surface area (Å²) in [6.45, 7) is 0.433. The zero-order valence-corrected chi connectivity index (χ0v) is 9.16. The Bertz CT molecular complexity index is 351. The quantitative estimate of drug-likeness (QED) is 0.319. The Labute approximate surface area is 93.5 Å². The van der Waals surface area contributed by atoms with E-state index < -0.39 is 0 Å². The molecule has 0 amide bonds. The molecule has 0 spiro atoms. The van der Waals surface area contributed by atoms with Crippen molar-refractivity contribution < 1.29 is 14.3 Å². The van der Waals surface area contributed by atoms with Crippen molar-refractivity contribution in [2.75, 3.05) is 20.9 Å². The number of nitrogens with zero attached hydrogens (tertiary/aromatic N) is 3. The summed E-state index contributed by atoms with van der Waals surface area (Å²) >= 11 is 0. The Morgan fingerprint density at radius 2 is 2.06 bits per heavy atom. The fraction of sp³-hybridized carbons (Fsp3) is 0.300. The first-order chi connectivity index (χ1) is 7.76. The smallest absolute Gasteiger partial charge is 0.294 e. The van der Waals surface area contributed by atoms with Crippen molar-refractivity contribution in [2.45, 2.75) is 0 Å². The van der Waals surface area contributed by atoms with Crippen LogP contribution in [0, 0.1) is 0 Å². The molecule has 0 aromatic heterocycles. The van der Waals surface area contributed by atoms with Crippen LogP contribution in [0.5, 0.6) is 5.75 Å². The second kappa shape index (κ2) is 6.39. The number of carbonyl (C=O) groups excluding carboxylic acids is 1. The number of carbonyl (C=O) groups is 1. The standard InChI is InChI=1S/C10H13N3O3/c1-13(7-16-8-14)12-11-9-3-5-10(15-2)6-4-9/h3-6,8H,7H2,1-2H3. The van der Waals surface area contributed by atoms with Gasteiger partial charge in [-0.2, -0.15) is 0 Å². The summed E-state index contributed by atoms with van der Waals surface area (Å²) in [4.78, 5) is 9.92. The number of hydrogen-bond donors (Lipinski definition) is 0. The molecule has 0 bridgehead atoms. The van der Waals surface area contributed by atoms with E-state index in [0.717, 1.165) is 5.75 Å². The van der Waals surface area contributed by atoms with Crippen molar-refractivity contribution in [1.29, 1.82) is 0 Å². The monoisotopic (exact) mass is 223 g/mol. The second-order valence-corrected chi connectivity index (χ2v) is 2.94. The molecule has 0 heterocycles. The van der Waals surface area contributed by atoms with Crippen LogP contribution in [0.2, 0.25) is 0 Å². The maximum atomic E-state index is 9.92. The van der Waals surface area contributed by atoms with Crippen molar-refractivity contribution in [3.8, 4) is 5.75 Å². The van der Waals surface area contributed by atoms with Gasteiger partial charge in [-0.05, 0) is 24.3 Å². The average molecular weight is 223 g/mol. The minimum atomic E-state index is 0.0726. The van der Waals surface area contributed by atoms with E-state index in [2.05, 4.69) is 15.1 Å². The topological polar surface area (TPSA) is 63.5 Å². The summed E-state index contributed by atoms with van der Waals surface area (Å²) in [5, 5.41) is 9.16. The van der Waals surface area contributed by atoms with E-state index in [0.29, 0.717) is 12.2 Å². The van der Waals surface area contributed by atoms with E-state index in [1.165, 1.54) is 5.01 Å². The van der Waals surface area contributed by atoms with Crippen molar-refractivity contribution in [1.82, 2.24) is 5.01 Å². The lowest BCUT2D eigenvalue weighted by Crippen LogP contribution is -2.13. The molecule has 1 rings (SSSR count). The number of hydrogen-bond acceptors (Lipinski definition) is 5. The largest absolute Gasteiger partial charge is 0.497 e. The number of ether oxygens (including phenoxy) is 2. The van der Waals surface area contributed by atoms with Crippen molar-refractivity contribution in [3.05, 3.63) is 24.3 Å². The highest BCUT2D eigenvalue weighted by Crippen LogP contribution is 2.17. The minimum absolute atomic E-state index is 0.0726. The molecule has 16 heavy (non-hydrogen) atoms. The first-order valence-corrected chi connectivity index (χ1v) is 4.58. The van der Waals surface area contributed by atoms with Gasteiger partial charge in [0.1, 0.15) is 5.75 Å². The summed E-state index contributed by atoms with van der Waals surface area (Å²) in [6, 6.07) is 7.13. The van der Waals surface area contributed by atoms with E-state index in [1.54, 1.807) is 38.4 Å². The molecule has 0 atom stereocenters. The van der Waals surface area contributed by atoms with E-state index >= 15 is 0 Å². The molecule has 6 heteroatoms. The van der Waals surface area contributed by atoms with E-state index in [1.807, 2.05) is 0 Å². The maximum Gasteiger partial charge on any atom is 0.294 e. The summed E-state index contributed by atoms with van der Waals surface area (Å²) in [5.74, 6) is 0.761. The van der Waals surface area contributed by atoms with Gasteiger partial charge >= 0.3 is 0 Å². The molecular formula is C10H13N3O3. The van der Waals surface area contributed by atoms with Crippen LogP contribution in [0.1, 0.15) is 0 Å². The van der Waals surface area contributed by atoms with Crippen molar-refractivity contribution in [2.24, 2.45) is 10.3 Å². The molecule has 0 fully saturated rings. The van der Waals surface area contributed by atoms with Gasteiger partial charge in [0.05, 0.1) is 12.8 Å². The molecule has 1 aromatic carbocycles. The van der Waals surface area contributed by atoms with Crippen LogP contribution in [-0.2, 0) is 9.53 Å². The predicted octanol–water partition coefficient (Wildman–Crippen LogP) is 1.76. The van der Waals surface area contributed by atoms with Gasteiger partial charge < -0.3 is 9.47 Å². The highest BCUT2D eigenvalue weighted by atomic mass is 16.5. The summed E-state index contributed by atoms with van der Waals surface area (Å²) in [6.07, 6.45) is 0. The van der Waals surface area contributed by atoms with E-state index in [4.69, 9.17) is 4.74 Å². The van der Waals surface area contributed by atoms with Gasteiger partial charge in [-0.3, -0.25) is 4.79 Å². The highest BCUT2D eigenvalue weighted by Gasteiger charge is 1.94. The number of benzene rings is 1. The third-order valence-corrected chi connectivity index (χ3v) is 1.71. The Hall–Kier alpha value is -2.11. The first kappa shape index (κ1) is 12.0. The maximum absolute atomic E-state index is 9.92. The fourth-order valence-corrected chi connectivity index (χ4v) is 0.941. The van der Waals surface area contributed by atoms with Gasteiger partial charge in [-0.1, -0.05) is 5.22 Å². The summed E-state index contributed by atoms with van der Waals surface area (Å²) in [5.41, 5.74) is 0.693. The molecule has 1 aromatic rings. The van der Waals surface area contributed by atoms with Crippen molar-refractivity contribution >= 4 is 12.2 Å². The normalized spacial score (nSPS) is 10.1. The van der Waals surface area contributed by atoms with Crippen LogP contribution in [-0.4, -0.2) is 32.4 Å². The zero-order chi connectivity index (χ0) is 11.8. The fourth-order valence-electron chi connectivity index (χ4n) is 0.941. The molecule has 86 valence electrons. The van der Waals surface area contributed by atoms with Gasteiger partial charge in [-0.25, -0.2) is 5.01 Å². The number of rotatable bonds is 6. The van der Waals surface area contributed by atoms with Gasteiger partial charge in [-0.15, -0.1) is 5.11 Å². The van der Waals surface area contributed by atoms with Crippen LogP contribution in [0.15, 0.2) is 34.6 Å². The second-order valence-electron chi connectivity index (χ2n) is 2.94. The molecule has 6 nitrogen and oxygen atoms in total. The Kier molecular flexibility index (Phi) is 4.78. The van der Waals surface area contributed by atoms with Gasteiger partial charge in [0.25, 0.3) is 6.47 Å². The van der Waals surface area contributed by atoms with Crippen LogP contribution < -0.4 is 4.74 Å². The summed E-state index contributed by atoms with van der Waals surface area (Å²) in [7, 11) is 3.25. The lowest BCUT2D eigenvalue weighted by Gasteiger charge is -2.08. The predicted molar refractivity (Wildman–Crippen MR) is 57.3 cm³/mol. The lowest BCUT2D eigenvalue weighted by molar-refractivity contribution is -0.132. The van der Waals surface area contributed by atoms with Gasteiger partial charge in [0, 0.05) is 7.05 Å². The first-order valence-electron chi connectivity index (χ1n) is 4.58. The molecule has 0 aliphatic carbocycles. The van der Waals surface area contributed by atoms with Crippen LogP contribution in [0.3, 0.4) is 0 Å². The minimum Gasteiger partial charge on any atom is -0.497 e. The van der Waals surface area contributed by atoms with Crippen LogP contribution in [0.4, 0.5) is 5.69 Å². The SMILES string of the molecule is COc1ccc(N=NN(C)COC=O)cc1. The summed E-state index contributed by atoms with van der Waals surface area (Å²) < 4.78 is 9.50. The lowest BCUT2D eigenvalue weighted by atomic mass is 10.3. The highest BCUT2D eigenvalue weighted by molar-refractivity contribution is 5.40. The van der Waals surface area contributed by atoms with Crippen LogP contribution in [0.25, 0.3) is 0 Å².